The standard InChI is InChI=1S/C29H23N3O/c1-15-8-10-23-20(12-15)26(22-14-19-7-5-6-17(3)27(19)32-29(22)33)25-18(4)30-24-11-9-16(2)13-21(24)28(25)31-23/h5-14H,1-4H3,(H,32,33). The molecule has 6 aromatic rings. The Balaban J connectivity index is 1.88. The summed E-state index contributed by atoms with van der Waals surface area (Å²) in [7, 11) is 0. The number of para-hydroxylation sites is 1. The van der Waals surface area contributed by atoms with E-state index in [1.165, 1.54) is 0 Å². The Labute approximate surface area is 190 Å². The molecule has 0 aliphatic carbocycles. The monoisotopic (exact) mass is 429 g/mol. The first-order chi connectivity index (χ1) is 15.9. The normalized spacial score (nSPS) is 11.8. The molecular formula is C29H23N3O. The molecule has 3 aromatic heterocycles. The van der Waals surface area contributed by atoms with Crippen LogP contribution in [0.15, 0.2) is 65.5 Å². The van der Waals surface area contributed by atoms with Gasteiger partial charge in [0.15, 0.2) is 0 Å². The number of aromatic amines is 1. The van der Waals surface area contributed by atoms with Gasteiger partial charge in [-0.25, -0.2) is 4.98 Å². The van der Waals surface area contributed by atoms with E-state index in [4.69, 9.17) is 9.97 Å². The fourth-order valence-corrected chi connectivity index (χ4v) is 4.95. The molecule has 0 atom stereocenters. The number of aromatic nitrogens is 3. The summed E-state index contributed by atoms with van der Waals surface area (Å²) in [5, 5.41) is 3.92. The molecule has 6 rings (SSSR count). The van der Waals surface area contributed by atoms with Crippen molar-refractivity contribution < 1.29 is 0 Å². The van der Waals surface area contributed by atoms with Crippen LogP contribution in [0.2, 0.25) is 0 Å². The molecule has 0 saturated carbocycles. The lowest BCUT2D eigenvalue weighted by atomic mass is 9.93. The van der Waals surface area contributed by atoms with Crippen molar-refractivity contribution in [2.45, 2.75) is 27.7 Å². The summed E-state index contributed by atoms with van der Waals surface area (Å²) in [5.74, 6) is 0. The first-order valence-corrected chi connectivity index (χ1v) is 11.1. The zero-order chi connectivity index (χ0) is 22.9. The highest BCUT2D eigenvalue weighted by molar-refractivity contribution is 6.17. The molecule has 0 unspecified atom stereocenters. The highest BCUT2D eigenvalue weighted by atomic mass is 16.1. The Kier molecular flexibility index (Phi) is 4.15. The molecule has 0 aliphatic heterocycles. The Morgan fingerprint density at radius 2 is 1.45 bits per heavy atom. The van der Waals surface area contributed by atoms with Gasteiger partial charge in [0.2, 0.25) is 0 Å². The molecule has 1 N–H and O–H groups in total. The third kappa shape index (κ3) is 2.94. The highest BCUT2D eigenvalue weighted by Crippen LogP contribution is 2.38. The number of rotatable bonds is 1. The molecular weight excluding hydrogens is 406 g/mol. The summed E-state index contributed by atoms with van der Waals surface area (Å²) < 4.78 is 0. The second-order valence-corrected chi connectivity index (χ2v) is 9.00. The van der Waals surface area contributed by atoms with Crippen LogP contribution in [0.1, 0.15) is 22.4 Å². The van der Waals surface area contributed by atoms with Gasteiger partial charge in [0, 0.05) is 33.0 Å². The predicted molar refractivity (Wildman–Crippen MR) is 137 cm³/mol. The maximum atomic E-state index is 13.5. The van der Waals surface area contributed by atoms with Crippen LogP contribution in [0.4, 0.5) is 0 Å². The summed E-state index contributed by atoms with van der Waals surface area (Å²) in [6.45, 7) is 8.16. The van der Waals surface area contributed by atoms with Gasteiger partial charge in [0.25, 0.3) is 5.56 Å². The lowest BCUT2D eigenvalue weighted by Gasteiger charge is -2.16. The Bertz CT molecular complexity index is 1830. The van der Waals surface area contributed by atoms with E-state index in [9.17, 15) is 4.79 Å². The van der Waals surface area contributed by atoms with E-state index in [-0.39, 0.29) is 5.56 Å². The van der Waals surface area contributed by atoms with Gasteiger partial charge in [-0.05, 0) is 69.0 Å². The van der Waals surface area contributed by atoms with Crippen molar-refractivity contribution in [2.75, 3.05) is 0 Å². The minimum absolute atomic E-state index is 0.101. The van der Waals surface area contributed by atoms with E-state index in [0.717, 1.165) is 71.6 Å². The number of hydrogen-bond acceptors (Lipinski definition) is 3. The van der Waals surface area contributed by atoms with Crippen molar-refractivity contribution in [2.24, 2.45) is 0 Å². The lowest BCUT2D eigenvalue weighted by Crippen LogP contribution is -2.10. The molecule has 4 heteroatoms. The Hall–Kier alpha value is -4.05. The van der Waals surface area contributed by atoms with Gasteiger partial charge < -0.3 is 4.98 Å². The van der Waals surface area contributed by atoms with Gasteiger partial charge in [0.1, 0.15) is 0 Å². The zero-order valence-corrected chi connectivity index (χ0v) is 19.1. The van der Waals surface area contributed by atoms with Crippen LogP contribution in [0.3, 0.4) is 0 Å². The smallest absolute Gasteiger partial charge is 0.256 e. The fraction of sp³-hybridized carbons (Fsp3) is 0.138. The van der Waals surface area contributed by atoms with Crippen LogP contribution in [-0.4, -0.2) is 15.0 Å². The van der Waals surface area contributed by atoms with Crippen LogP contribution in [0, 0.1) is 27.7 Å². The van der Waals surface area contributed by atoms with Crippen molar-refractivity contribution in [3.05, 3.63) is 93.4 Å². The quantitative estimate of drug-likeness (QED) is 0.234. The molecule has 0 fully saturated rings. The van der Waals surface area contributed by atoms with E-state index in [2.05, 4.69) is 43.1 Å². The molecule has 0 bridgehead atoms. The molecule has 0 spiro atoms. The minimum atomic E-state index is -0.101. The van der Waals surface area contributed by atoms with E-state index in [1.54, 1.807) is 0 Å². The minimum Gasteiger partial charge on any atom is -0.321 e. The van der Waals surface area contributed by atoms with Crippen molar-refractivity contribution >= 4 is 43.6 Å². The third-order valence-electron chi connectivity index (χ3n) is 6.55. The number of pyridine rings is 3. The van der Waals surface area contributed by atoms with Crippen LogP contribution in [-0.2, 0) is 0 Å². The highest BCUT2D eigenvalue weighted by Gasteiger charge is 2.19. The number of nitrogens with one attached hydrogen (secondary N) is 1. The zero-order valence-electron chi connectivity index (χ0n) is 19.1. The van der Waals surface area contributed by atoms with Crippen molar-refractivity contribution in [1.82, 2.24) is 15.0 Å². The van der Waals surface area contributed by atoms with Crippen LogP contribution in [0.25, 0.3) is 54.7 Å². The largest absolute Gasteiger partial charge is 0.321 e. The molecule has 0 aliphatic rings. The summed E-state index contributed by atoms with van der Waals surface area (Å²) in [6.07, 6.45) is 0. The summed E-state index contributed by atoms with van der Waals surface area (Å²) in [5.41, 5.74) is 9.20. The van der Waals surface area contributed by atoms with Gasteiger partial charge in [-0.1, -0.05) is 41.5 Å². The molecule has 0 saturated heterocycles. The first kappa shape index (κ1) is 19.6. The van der Waals surface area contributed by atoms with E-state index < -0.39 is 0 Å². The van der Waals surface area contributed by atoms with Crippen LogP contribution < -0.4 is 5.56 Å². The van der Waals surface area contributed by atoms with Crippen LogP contribution in [0.5, 0.6) is 0 Å². The Morgan fingerprint density at radius 1 is 0.758 bits per heavy atom. The van der Waals surface area contributed by atoms with E-state index in [1.807, 2.05) is 50.2 Å². The SMILES string of the molecule is Cc1ccc2nc3c(c(C)nc4ccc(C)cc43)c(-c3cc4cccc(C)c4[nH]c3=O)c2c1. The second kappa shape index (κ2) is 6.97. The predicted octanol–water partition coefficient (Wildman–Crippen LogP) is 6.68. The lowest BCUT2D eigenvalue weighted by molar-refractivity contribution is 1.27. The number of nitrogens with zero attached hydrogens (tertiary/aromatic N) is 2. The third-order valence-corrected chi connectivity index (χ3v) is 6.55. The second-order valence-electron chi connectivity index (χ2n) is 9.00. The maximum absolute atomic E-state index is 13.5. The summed E-state index contributed by atoms with van der Waals surface area (Å²) in [4.78, 5) is 26.6. The van der Waals surface area contributed by atoms with Crippen LogP contribution >= 0.6 is 0 Å². The average molecular weight is 430 g/mol. The van der Waals surface area contributed by atoms with E-state index >= 15 is 0 Å². The maximum Gasteiger partial charge on any atom is 0.256 e. The molecule has 3 aromatic carbocycles. The van der Waals surface area contributed by atoms with E-state index in [0.29, 0.717) is 5.56 Å². The van der Waals surface area contributed by atoms with Crippen molar-refractivity contribution in [3.63, 3.8) is 0 Å². The number of fused-ring (bicyclic) bond motifs is 5. The van der Waals surface area contributed by atoms with Gasteiger partial charge in [-0.3, -0.25) is 9.78 Å². The molecule has 33 heavy (non-hydrogen) atoms. The molecule has 0 amide bonds. The van der Waals surface area contributed by atoms with Gasteiger partial charge in [0.05, 0.1) is 22.1 Å². The van der Waals surface area contributed by atoms with Crippen molar-refractivity contribution in [3.8, 4) is 11.1 Å². The summed E-state index contributed by atoms with van der Waals surface area (Å²) in [6, 6.07) is 20.6. The summed E-state index contributed by atoms with van der Waals surface area (Å²) >= 11 is 0. The fourth-order valence-electron chi connectivity index (χ4n) is 4.95. The van der Waals surface area contributed by atoms with Gasteiger partial charge in [-0.2, -0.15) is 0 Å². The number of benzene rings is 3. The molecule has 4 nitrogen and oxygen atoms in total. The van der Waals surface area contributed by atoms with Crippen molar-refractivity contribution in [1.29, 1.82) is 0 Å². The number of H-pyrrole nitrogens is 1. The number of hydrogen-bond donors (Lipinski definition) is 1. The molecule has 3 heterocycles. The average Bonchev–Trinajstić information content (AvgIpc) is 2.79. The molecule has 160 valence electrons. The first-order valence-electron chi connectivity index (χ1n) is 11.1. The number of aryl methyl sites for hydroxylation is 4. The van der Waals surface area contributed by atoms with Gasteiger partial charge >= 0.3 is 0 Å². The van der Waals surface area contributed by atoms with Gasteiger partial charge in [-0.15, -0.1) is 0 Å². The topological polar surface area (TPSA) is 58.6 Å². The Morgan fingerprint density at radius 3 is 2.21 bits per heavy atom. The molecule has 0 radical (unpaired) electrons.